The summed E-state index contributed by atoms with van der Waals surface area (Å²) in [4.78, 5) is 39.5. The Balaban J connectivity index is 1.38. The molecule has 8 nitrogen and oxygen atoms in total. The van der Waals surface area contributed by atoms with Gasteiger partial charge in [0, 0.05) is 25.2 Å². The van der Waals surface area contributed by atoms with Gasteiger partial charge >= 0.3 is 0 Å². The fourth-order valence-electron chi connectivity index (χ4n) is 4.47. The number of halogens is 1. The molecule has 0 aromatic heterocycles. The predicted molar refractivity (Wildman–Crippen MR) is 132 cm³/mol. The van der Waals surface area contributed by atoms with E-state index < -0.39 is 0 Å². The van der Waals surface area contributed by atoms with Crippen LogP contribution >= 0.6 is 0 Å². The number of hydrogen-bond donors (Lipinski definition) is 2. The van der Waals surface area contributed by atoms with Crippen molar-refractivity contribution < 1.29 is 28.2 Å². The van der Waals surface area contributed by atoms with Crippen LogP contribution in [-0.2, 0) is 20.9 Å². The Kier molecular flexibility index (Phi) is 7.88. The molecule has 192 valence electrons. The molecule has 3 amide bonds. The number of likely N-dealkylation sites (N-methyl/N-ethyl adjacent to an activating group) is 1. The number of benzene rings is 2. The van der Waals surface area contributed by atoms with Gasteiger partial charge in [-0.2, -0.15) is 0 Å². The molecule has 0 spiro atoms. The second-order valence-corrected chi connectivity index (χ2v) is 9.63. The maximum absolute atomic E-state index is 13.3. The lowest BCUT2D eigenvalue weighted by Crippen LogP contribution is -2.53. The summed E-state index contributed by atoms with van der Waals surface area (Å²) in [6.07, 6.45) is 0.818. The third-order valence-corrected chi connectivity index (χ3v) is 6.62. The molecule has 4 rings (SSSR count). The van der Waals surface area contributed by atoms with E-state index in [1.807, 2.05) is 0 Å². The van der Waals surface area contributed by atoms with Crippen LogP contribution in [0.3, 0.4) is 0 Å². The third kappa shape index (κ3) is 6.02. The Morgan fingerprint density at radius 2 is 1.89 bits per heavy atom. The first-order valence-corrected chi connectivity index (χ1v) is 12.2. The summed E-state index contributed by atoms with van der Waals surface area (Å²) in [5, 5.41) is 5.67. The predicted octanol–water partition coefficient (Wildman–Crippen LogP) is 3.51. The van der Waals surface area contributed by atoms with Crippen molar-refractivity contribution in [1.82, 2.24) is 10.2 Å². The Morgan fingerprint density at radius 3 is 2.61 bits per heavy atom. The van der Waals surface area contributed by atoms with Gasteiger partial charge in [0.2, 0.25) is 11.8 Å². The van der Waals surface area contributed by atoms with Crippen LogP contribution in [0.25, 0.3) is 0 Å². The summed E-state index contributed by atoms with van der Waals surface area (Å²) in [7, 11) is 1.74. The number of hydrogen-bond acceptors (Lipinski definition) is 5. The number of ether oxygens (including phenoxy) is 2. The van der Waals surface area contributed by atoms with E-state index in [0.29, 0.717) is 36.4 Å². The molecule has 2 aromatic carbocycles. The van der Waals surface area contributed by atoms with Crippen molar-refractivity contribution in [1.29, 1.82) is 0 Å². The van der Waals surface area contributed by atoms with E-state index in [4.69, 9.17) is 9.47 Å². The number of anilines is 1. The molecule has 2 aliphatic rings. The number of carbonyl (C=O) groups is 3. The molecule has 2 aromatic rings. The topological polar surface area (TPSA) is 97.0 Å². The van der Waals surface area contributed by atoms with Crippen LogP contribution in [0, 0.1) is 11.7 Å². The number of carbonyl (C=O) groups excluding carboxylic acids is 3. The quantitative estimate of drug-likeness (QED) is 0.637. The van der Waals surface area contributed by atoms with Crippen molar-refractivity contribution in [3.63, 3.8) is 0 Å². The largest absolute Gasteiger partial charge is 0.490 e. The SMILES string of the molecule is CC(C)C(=O)Nc1ccc2c(c1)C(=O)N(C)[C@@H]1CC[C@@H](CC(=O)NCc3ccc(F)cc3)O[C@H]1CO2. The van der Waals surface area contributed by atoms with E-state index in [0.717, 1.165) is 5.56 Å². The van der Waals surface area contributed by atoms with Crippen LogP contribution in [0.4, 0.5) is 10.1 Å². The molecule has 0 unspecified atom stereocenters. The molecule has 2 heterocycles. The average Bonchev–Trinajstić information content (AvgIpc) is 2.86. The lowest BCUT2D eigenvalue weighted by atomic mass is 9.94. The number of rotatable bonds is 6. The smallest absolute Gasteiger partial charge is 0.257 e. The van der Waals surface area contributed by atoms with Gasteiger partial charge in [-0.05, 0) is 48.7 Å². The molecule has 2 N–H and O–H groups in total. The van der Waals surface area contributed by atoms with E-state index in [1.165, 1.54) is 12.1 Å². The van der Waals surface area contributed by atoms with Crippen LogP contribution in [0.2, 0.25) is 0 Å². The zero-order chi connectivity index (χ0) is 25.8. The van der Waals surface area contributed by atoms with E-state index in [1.54, 1.807) is 56.1 Å². The molecule has 1 saturated heterocycles. The average molecular weight is 498 g/mol. The Labute approximate surface area is 210 Å². The summed E-state index contributed by atoms with van der Waals surface area (Å²) < 4.78 is 25.2. The molecular weight excluding hydrogens is 465 g/mol. The molecule has 9 heteroatoms. The number of nitrogens with one attached hydrogen (secondary N) is 2. The number of fused-ring (bicyclic) bond motifs is 2. The van der Waals surface area contributed by atoms with Crippen LogP contribution in [0.15, 0.2) is 42.5 Å². The summed E-state index contributed by atoms with van der Waals surface area (Å²) in [5.41, 5.74) is 1.75. The maximum Gasteiger partial charge on any atom is 0.257 e. The van der Waals surface area contributed by atoms with Crippen molar-refractivity contribution >= 4 is 23.4 Å². The van der Waals surface area contributed by atoms with Gasteiger partial charge in [0.05, 0.1) is 24.1 Å². The molecule has 3 atom stereocenters. The second-order valence-electron chi connectivity index (χ2n) is 9.63. The first-order chi connectivity index (χ1) is 17.2. The van der Waals surface area contributed by atoms with Crippen LogP contribution in [0.5, 0.6) is 5.75 Å². The van der Waals surface area contributed by atoms with Crippen LogP contribution < -0.4 is 15.4 Å². The zero-order valence-electron chi connectivity index (χ0n) is 20.8. The molecule has 0 bridgehead atoms. The first kappa shape index (κ1) is 25.6. The van der Waals surface area contributed by atoms with Gasteiger partial charge in [-0.25, -0.2) is 4.39 Å². The molecule has 0 radical (unpaired) electrons. The van der Waals surface area contributed by atoms with Crippen molar-refractivity contribution in [2.75, 3.05) is 19.0 Å². The van der Waals surface area contributed by atoms with Gasteiger partial charge in [0.1, 0.15) is 24.3 Å². The molecule has 2 aliphatic heterocycles. The lowest BCUT2D eigenvalue weighted by Gasteiger charge is -2.42. The summed E-state index contributed by atoms with van der Waals surface area (Å²) in [5.74, 6) is -0.563. The Hall–Kier alpha value is -3.46. The normalized spacial score (nSPS) is 21.5. The van der Waals surface area contributed by atoms with E-state index in [-0.39, 0.29) is 60.7 Å². The van der Waals surface area contributed by atoms with Crippen molar-refractivity contribution in [2.45, 2.75) is 57.9 Å². The van der Waals surface area contributed by atoms with Gasteiger partial charge in [0.15, 0.2) is 0 Å². The van der Waals surface area contributed by atoms with Crippen LogP contribution in [-0.4, -0.2) is 54.5 Å². The highest BCUT2D eigenvalue weighted by Gasteiger charge is 2.39. The van der Waals surface area contributed by atoms with Crippen molar-refractivity contribution in [3.05, 3.63) is 59.4 Å². The number of nitrogens with zero attached hydrogens (tertiary/aromatic N) is 1. The van der Waals surface area contributed by atoms with Gasteiger partial charge < -0.3 is 25.0 Å². The summed E-state index contributed by atoms with van der Waals surface area (Å²) in [6, 6.07) is 10.8. The molecule has 1 fully saturated rings. The highest BCUT2D eigenvalue weighted by molar-refractivity contribution is 6.00. The molecular formula is C27H32FN3O5. The second kappa shape index (κ2) is 11.1. The van der Waals surface area contributed by atoms with Gasteiger partial charge in [-0.15, -0.1) is 0 Å². The van der Waals surface area contributed by atoms with E-state index in [9.17, 15) is 18.8 Å². The summed E-state index contributed by atoms with van der Waals surface area (Å²) >= 11 is 0. The zero-order valence-corrected chi connectivity index (χ0v) is 20.8. The fourth-order valence-corrected chi connectivity index (χ4v) is 4.47. The minimum absolute atomic E-state index is 0.129. The highest BCUT2D eigenvalue weighted by Crippen LogP contribution is 2.32. The minimum Gasteiger partial charge on any atom is -0.490 e. The Bertz CT molecular complexity index is 1120. The maximum atomic E-state index is 13.3. The standard InChI is InChI=1S/C27H32FN3O5/c1-16(2)26(33)30-19-8-11-23-21(12-19)27(34)31(3)22-10-9-20(36-24(22)15-35-23)13-25(32)29-14-17-4-6-18(28)7-5-17/h4-8,11-12,16,20,22,24H,9-10,13-15H2,1-3H3,(H,29,32)(H,30,33)/t20-,22+,24-/m0/s1. The highest BCUT2D eigenvalue weighted by atomic mass is 19.1. The van der Waals surface area contributed by atoms with E-state index in [2.05, 4.69) is 10.6 Å². The van der Waals surface area contributed by atoms with Gasteiger partial charge in [-0.3, -0.25) is 14.4 Å². The van der Waals surface area contributed by atoms with Crippen molar-refractivity contribution in [2.24, 2.45) is 5.92 Å². The monoisotopic (exact) mass is 497 g/mol. The molecule has 0 saturated carbocycles. The fraction of sp³-hybridized carbons (Fsp3) is 0.444. The van der Waals surface area contributed by atoms with Crippen LogP contribution in [0.1, 0.15) is 49.0 Å². The number of amides is 3. The third-order valence-electron chi connectivity index (χ3n) is 6.62. The van der Waals surface area contributed by atoms with Gasteiger partial charge in [0.25, 0.3) is 5.91 Å². The molecule has 36 heavy (non-hydrogen) atoms. The Morgan fingerprint density at radius 1 is 1.14 bits per heavy atom. The summed E-state index contributed by atoms with van der Waals surface area (Å²) in [6.45, 7) is 4.16. The van der Waals surface area contributed by atoms with Gasteiger partial charge in [-0.1, -0.05) is 26.0 Å². The van der Waals surface area contributed by atoms with E-state index >= 15 is 0 Å². The minimum atomic E-state index is -0.379. The van der Waals surface area contributed by atoms with Crippen molar-refractivity contribution in [3.8, 4) is 5.75 Å². The molecule has 0 aliphatic carbocycles. The lowest BCUT2D eigenvalue weighted by molar-refractivity contribution is -0.134. The first-order valence-electron chi connectivity index (χ1n) is 12.2.